The van der Waals surface area contributed by atoms with Gasteiger partial charge in [0.15, 0.2) is 0 Å². The van der Waals surface area contributed by atoms with Crippen LogP contribution in [0.2, 0.25) is 10.0 Å². The van der Waals surface area contributed by atoms with Crippen LogP contribution in [-0.2, 0) is 0 Å². The average molecular weight is 307 g/mol. The molecule has 20 heavy (non-hydrogen) atoms. The van der Waals surface area contributed by atoms with Crippen molar-refractivity contribution in [2.24, 2.45) is 0 Å². The van der Waals surface area contributed by atoms with E-state index in [1.54, 1.807) is 24.3 Å². The summed E-state index contributed by atoms with van der Waals surface area (Å²) in [5.41, 5.74) is 1.04. The Hall–Kier alpha value is -2.04. The molecule has 3 rings (SSSR count). The summed E-state index contributed by atoms with van der Waals surface area (Å²) in [6.07, 6.45) is 0. The Morgan fingerprint density at radius 3 is 2.60 bits per heavy atom. The lowest BCUT2D eigenvalue weighted by molar-refractivity contribution is 0.426. The van der Waals surface area contributed by atoms with Crippen LogP contribution in [0, 0.1) is 0 Å². The van der Waals surface area contributed by atoms with Crippen molar-refractivity contribution in [3.63, 3.8) is 0 Å². The molecular weight excluding hydrogens is 299 g/mol. The number of phenolic OH excluding ortho intramolecular Hbond substituents is 1. The molecule has 0 saturated carbocycles. The maximum atomic E-state index is 9.81. The Balaban J connectivity index is 2.07. The molecule has 0 atom stereocenters. The monoisotopic (exact) mass is 306 g/mol. The van der Waals surface area contributed by atoms with E-state index in [0.29, 0.717) is 27.0 Å². The van der Waals surface area contributed by atoms with E-state index in [2.05, 4.69) is 10.1 Å². The quantitative estimate of drug-likeness (QED) is 0.761. The van der Waals surface area contributed by atoms with Crippen LogP contribution in [0.5, 0.6) is 5.75 Å². The van der Waals surface area contributed by atoms with Crippen LogP contribution in [-0.4, -0.2) is 15.2 Å². The number of aromatic hydroxyl groups is 1. The van der Waals surface area contributed by atoms with Crippen molar-refractivity contribution in [3.05, 3.63) is 52.5 Å². The van der Waals surface area contributed by atoms with Crippen molar-refractivity contribution in [2.45, 2.75) is 0 Å². The van der Waals surface area contributed by atoms with Gasteiger partial charge in [0.2, 0.25) is 5.82 Å². The number of halogens is 2. The van der Waals surface area contributed by atoms with E-state index in [4.69, 9.17) is 27.7 Å². The lowest BCUT2D eigenvalue weighted by Crippen LogP contribution is -1.83. The molecule has 0 fully saturated rings. The van der Waals surface area contributed by atoms with Gasteiger partial charge in [0.05, 0.1) is 10.6 Å². The molecule has 4 nitrogen and oxygen atoms in total. The maximum absolute atomic E-state index is 9.81. The van der Waals surface area contributed by atoms with E-state index in [9.17, 15) is 5.11 Å². The van der Waals surface area contributed by atoms with Crippen LogP contribution >= 0.6 is 23.2 Å². The average Bonchev–Trinajstić information content (AvgIpc) is 2.91. The fraction of sp³-hybridized carbons (Fsp3) is 0. The van der Waals surface area contributed by atoms with Crippen LogP contribution in [0.4, 0.5) is 0 Å². The van der Waals surface area contributed by atoms with E-state index in [-0.39, 0.29) is 11.6 Å². The Labute approximate surface area is 124 Å². The van der Waals surface area contributed by atoms with Gasteiger partial charge in [-0.25, -0.2) is 0 Å². The molecule has 3 aromatic rings. The molecule has 6 heteroatoms. The predicted molar refractivity (Wildman–Crippen MR) is 76.9 cm³/mol. The summed E-state index contributed by atoms with van der Waals surface area (Å²) in [6.45, 7) is 0. The molecule has 0 aliphatic heterocycles. The Morgan fingerprint density at radius 2 is 1.80 bits per heavy atom. The van der Waals surface area contributed by atoms with Gasteiger partial charge in [0.25, 0.3) is 5.89 Å². The van der Waals surface area contributed by atoms with E-state index < -0.39 is 0 Å². The van der Waals surface area contributed by atoms with Crippen molar-refractivity contribution in [3.8, 4) is 28.6 Å². The Kier molecular flexibility index (Phi) is 3.34. The van der Waals surface area contributed by atoms with Crippen molar-refractivity contribution in [2.75, 3.05) is 0 Å². The molecular formula is C14H8Cl2N2O2. The van der Waals surface area contributed by atoms with Crippen LogP contribution in [0.25, 0.3) is 22.8 Å². The highest BCUT2D eigenvalue weighted by atomic mass is 35.5. The number of rotatable bonds is 2. The molecule has 1 N–H and O–H groups in total. The van der Waals surface area contributed by atoms with Gasteiger partial charge < -0.3 is 9.63 Å². The molecule has 0 unspecified atom stereocenters. The fourth-order valence-electron chi connectivity index (χ4n) is 1.76. The maximum Gasteiger partial charge on any atom is 0.262 e. The van der Waals surface area contributed by atoms with Crippen molar-refractivity contribution in [1.29, 1.82) is 0 Å². The summed E-state index contributed by atoms with van der Waals surface area (Å²) in [5, 5.41) is 14.7. The van der Waals surface area contributed by atoms with Gasteiger partial charge in [-0.2, -0.15) is 4.98 Å². The third kappa shape index (κ3) is 2.35. The highest BCUT2D eigenvalue weighted by Gasteiger charge is 2.15. The molecule has 0 aliphatic rings. The third-order valence-corrected chi connectivity index (χ3v) is 3.29. The Bertz CT molecular complexity index is 771. The first-order valence-corrected chi connectivity index (χ1v) is 6.48. The lowest BCUT2D eigenvalue weighted by Gasteiger charge is -1.99. The number of aromatic nitrogens is 2. The summed E-state index contributed by atoms with van der Waals surface area (Å²) in [5.74, 6) is 0.550. The number of hydrogen-bond acceptors (Lipinski definition) is 4. The summed E-state index contributed by atoms with van der Waals surface area (Å²) >= 11 is 12.0. The van der Waals surface area contributed by atoms with Crippen molar-refractivity contribution in [1.82, 2.24) is 10.1 Å². The standard InChI is InChI=1S/C14H8Cl2N2O2/c15-8-5-6-12(19)10(7-8)14-17-13(18-20-14)9-3-1-2-4-11(9)16/h1-7,19H. The second-order valence-corrected chi connectivity index (χ2v) is 4.91. The molecule has 100 valence electrons. The minimum atomic E-state index is 0.0174. The smallest absolute Gasteiger partial charge is 0.262 e. The zero-order valence-corrected chi connectivity index (χ0v) is 11.6. The van der Waals surface area contributed by atoms with Gasteiger partial charge >= 0.3 is 0 Å². The molecule has 0 saturated heterocycles. The second kappa shape index (κ2) is 5.15. The number of benzene rings is 2. The van der Waals surface area contributed by atoms with E-state index in [1.165, 1.54) is 6.07 Å². The summed E-state index contributed by atoms with van der Waals surface area (Å²) in [7, 11) is 0. The van der Waals surface area contributed by atoms with Gasteiger partial charge in [0, 0.05) is 10.6 Å². The first kappa shape index (κ1) is 13.0. The van der Waals surface area contributed by atoms with Gasteiger partial charge in [-0.1, -0.05) is 40.5 Å². The number of nitrogens with zero attached hydrogens (tertiary/aromatic N) is 2. The largest absolute Gasteiger partial charge is 0.507 e. The topological polar surface area (TPSA) is 59.2 Å². The second-order valence-electron chi connectivity index (χ2n) is 4.06. The van der Waals surface area contributed by atoms with Gasteiger partial charge in [0.1, 0.15) is 5.75 Å². The lowest BCUT2D eigenvalue weighted by atomic mass is 10.2. The summed E-state index contributed by atoms with van der Waals surface area (Å²) in [6, 6.07) is 11.8. The first-order chi connectivity index (χ1) is 9.65. The molecule has 0 aliphatic carbocycles. The molecule has 0 radical (unpaired) electrons. The van der Waals surface area contributed by atoms with Crippen LogP contribution in [0.1, 0.15) is 0 Å². The molecule has 1 heterocycles. The fourth-order valence-corrected chi connectivity index (χ4v) is 2.16. The SMILES string of the molecule is Oc1ccc(Cl)cc1-c1nc(-c2ccccc2Cl)no1. The van der Waals surface area contributed by atoms with Crippen LogP contribution in [0.15, 0.2) is 47.0 Å². The number of phenols is 1. The highest BCUT2D eigenvalue weighted by molar-refractivity contribution is 6.33. The number of hydrogen-bond donors (Lipinski definition) is 1. The predicted octanol–water partition coefficient (Wildman–Crippen LogP) is 4.42. The van der Waals surface area contributed by atoms with Crippen LogP contribution < -0.4 is 0 Å². The zero-order valence-electron chi connectivity index (χ0n) is 10.0. The zero-order chi connectivity index (χ0) is 14.1. The molecule has 0 amide bonds. The van der Waals surface area contributed by atoms with Crippen molar-refractivity contribution >= 4 is 23.2 Å². The molecule has 0 spiro atoms. The highest BCUT2D eigenvalue weighted by Crippen LogP contribution is 2.33. The Morgan fingerprint density at radius 1 is 1.00 bits per heavy atom. The van der Waals surface area contributed by atoms with E-state index in [1.807, 2.05) is 12.1 Å². The third-order valence-electron chi connectivity index (χ3n) is 2.73. The van der Waals surface area contributed by atoms with E-state index in [0.717, 1.165) is 0 Å². The molecule has 0 bridgehead atoms. The van der Waals surface area contributed by atoms with E-state index >= 15 is 0 Å². The van der Waals surface area contributed by atoms with Crippen molar-refractivity contribution < 1.29 is 9.63 Å². The van der Waals surface area contributed by atoms with Gasteiger partial charge in [-0.15, -0.1) is 0 Å². The van der Waals surface area contributed by atoms with Gasteiger partial charge in [-0.05, 0) is 30.3 Å². The normalized spacial score (nSPS) is 10.7. The minimum absolute atomic E-state index is 0.0174. The van der Waals surface area contributed by atoms with Gasteiger partial charge in [-0.3, -0.25) is 0 Å². The van der Waals surface area contributed by atoms with Crippen LogP contribution in [0.3, 0.4) is 0 Å². The summed E-state index contributed by atoms with van der Waals surface area (Å²) in [4.78, 5) is 4.23. The summed E-state index contributed by atoms with van der Waals surface area (Å²) < 4.78 is 5.16. The minimum Gasteiger partial charge on any atom is -0.507 e. The molecule has 2 aromatic carbocycles. The molecule has 1 aromatic heterocycles. The first-order valence-electron chi connectivity index (χ1n) is 5.72.